The molecule has 0 fully saturated rings. The normalized spacial score (nSPS) is 12.4. The van der Waals surface area contributed by atoms with Crippen LogP contribution >= 0.6 is 0 Å². The van der Waals surface area contributed by atoms with E-state index in [-0.39, 0.29) is 23.6 Å². The predicted molar refractivity (Wildman–Crippen MR) is 144 cm³/mol. The van der Waals surface area contributed by atoms with E-state index in [9.17, 15) is 5.11 Å². The van der Waals surface area contributed by atoms with E-state index in [0.717, 1.165) is 11.3 Å². The summed E-state index contributed by atoms with van der Waals surface area (Å²) in [6.45, 7) is 10.5. The Balaban J connectivity index is 1.69. The lowest BCUT2D eigenvalue weighted by molar-refractivity contribution is -0.0916. The van der Waals surface area contributed by atoms with Crippen molar-refractivity contribution in [2.75, 3.05) is 7.11 Å². The number of phenols is 1. The van der Waals surface area contributed by atoms with E-state index in [0.29, 0.717) is 55.6 Å². The van der Waals surface area contributed by atoms with E-state index in [2.05, 4.69) is 23.8 Å². The number of phenolic OH excluding ortho intramolecular Hbond substituents is 1. The molecule has 1 aromatic heterocycles. The molecule has 0 spiro atoms. The van der Waals surface area contributed by atoms with Gasteiger partial charge in [0, 0.05) is 29.3 Å². The smallest absolute Gasteiger partial charge is 0.229 e. The Morgan fingerprint density at radius 3 is 2.32 bits per heavy atom. The summed E-state index contributed by atoms with van der Waals surface area (Å²) in [5, 5.41) is 10.4. The molecule has 1 unspecified atom stereocenters. The molecule has 0 saturated heterocycles. The van der Waals surface area contributed by atoms with E-state index < -0.39 is 0 Å². The van der Waals surface area contributed by atoms with Crippen LogP contribution in [0.15, 0.2) is 54.7 Å². The van der Waals surface area contributed by atoms with E-state index in [1.807, 2.05) is 50.3 Å². The standard InChI is InChI=1S/C27H34N2O6Si2/c1-18(16-27(2,3)26(34-36-5)35-37-6)33-23-14-20(13-21(30)15-23)25-28-12-11-24(29-25)32-17-19-7-9-22(31-4)10-8-19/h7-15,18,26,30H,16-17H2,1-6H3. The average molecular weight is 539 g/mol. The van der Waals surface area contributed by atoms with E-state index in [1.54, 1.807) is 31.5 Å². The van der Waals surface area contributed by atoms with Gasteiger partial charge in [0.05, 0.1) is 13.2 Å². The molecule has 0 aliphatic carbocycles. The molecular weight excluding hydrogens is 504 g/mol. The highest BCUT2D eigenvalue weighted by Crippen LogP contribution is 2.33. The van der Waals surface area contributed by atoms with Gasteiger partial charge in [0.25, 0.3) is 0 Å². The minimum Gasteiger partial charge on any atom is -0.508 e. The maximum absolute atomic E-state index is 10.4. The lowest BCUT2D eigenvalue weighted by Crippen LogP contribution is -2.39. The molecule has 0 aliphatic rings. The highest BCUT2D eigenvalue weighted by molar-refractivity contribution is 6.26. The number of benzene rings is 2. The number of hydrogen-bond donors (Lipinski definition) is 1. The Bertz CT molecular complexity index is 1120. The Labute approximate surface area is 224 Å². The van der Waals surface area contributed by atoms with Crippen molar-refractivity contribution in [3.8, 4) is 34.5 Å². The zero-order valence-corrected chi connectivity index (χ0v) is 24.1. The number of rotatable bonds is 14. The van der Waals surface area contributed by atoms with Crippen molar-refractivity contribution in [3.05, 3.63) is 60.3 Å². The summed E-state index contributed by atoms with van der Waals surface area (Å²) in [4.78, 5) is 8.89. The monoisotopic (exact) mass is 538 g/mol. The molecule has 3 aromatic rings. The van der Waals surface area contributed by atoms with Gasteiger partial charge in [-0.3, -0.25) is 0 Å². The summed E-state index contributed by atoms with van der Waals surface area (Å²) in [5.41, 5.74) is 1.35. The Morgan fingerprint density at radius 1 is 0.973 bits per heavy atom. The SMILES string of the molecule is COc1ccc(COc2ccnc(-c3cc(O)cc(OC(C)CC(C)(C)C(O[Si]C)O[Si]C)c3)n2)cc1. The molecule has 1 N–H and O–H groups in total. The van der Waals surface area contributed by atoms with Crippen molar-refractivity contribution < 1.29 is 28.2 Å². The van der Waals surface area contributed by atoms with Crippen molar-refractivity contribution in [1.29, 1.82) is 0 Å². The zero-order valence-electron chi connectivity index (χ0n) is 22.1. The zero-order chi connectivity index (χ0) is 26.8. The molecule has 0 bridgehead atoms. The van der Waals surface area contributed by atoms with Crippen molar-refractivity contribution in [3.63, 3.8) is 0 Å². The Kier molecular flexibility index (Phi) is 10.5. The minimum absolute atomic E-state index is 0.0658. The summed E-state index contributed by atoms with van der Waals surface area (Å²) in [6.07, 6.45) is 1.87. The summed E-state index contributed by atoms with van der Waals surface area (Å²) >= 11 is 0. The number of nitrogens with zero attached hydrogens (tertiary/aromatic N) is 2. The van der Waals surface area contributed by atoms with Crippen LogP contribution in [0.4, 0.5) is 0 Å². The molecule has 1 atom stereocenters. The minimum atomic E-state index is -0.306. The van der Waals surface area contributed by atoms with Gasteiger partial charge in [-0.15, -0.1) is 0 Å². The molecular formula is C27H34N2O6Si2. The van der Waals surface area contributed by atoms with E-state index >= 15 is 0 Å². The number of aromatic hydroxyl groups is 1. The third-order valence-electron chi connectivity index (χ3n) is 5.56. The van der Waals surface area contributed by atoms with Gasteiger partial charge in [-0.25, -0.2) is 4.98 Å². The van der Waals surface area contributed by atoms with Crippen LogP contribution in [0.3, 0.4) is 0 Å². The molecule has 2 aromatic carbocycles. The lowest BCUT2D eigenvalue weighted by Gasteiger charge is -2.35. The van der Waals surface area contributed by atoms with Gasteiger partial charge in [-0.2, -0.15) is 4.98 Å². The largest absolute Gasteiger partial charge is 0.508 e. The molecule has 37 heavy (non-hydrogen) atoms. The summed E-state index contributed by atoms with van der Waals surface area (Å²) in [7, 11) is 2.31. The van der Waals surface area contributed by atoms with Crippen LogP contribution in [-0.2, 0) is 15.5 Å². The van der Waals surface area contributed by atoms with Crippen LogP contribution in [0.25, 0.3) is 11.4 Å². The summed E-state index contributed by atoms with van der Waals surface area (Å²) in [5.74, 6) is 2.24. The Morgan fingerprint density at radius 2 is 1.68 bits per heavy atom. The maximum atomic E-state index is 10.4. The second kappa shape index (κ2) is 13.6. The molecule has 0 amide bonds. The molecule has 10 heteroatoms. The average Bonchev–Trinajstić information content (AvgIpc) is 2.87. The molecule has 196 valence electrons. The number of aromatic nitrogens is 2. The van der Waals surface area contributed by atoms with Gasteiger partial charge in [-0.05, 0) is 56.3 Å². The van der Waals surface area contributed by atoms with Gasteiger partial charge in [0.15, 0.2) is 5.82 Å². The van der Waals surface area contributed by atoms with Gasteiger partial charge >= 0.3 is 0 Å². The second-order valence-electron chi connectivity index (χ2n) is 9.17. The van der Waals surface area contributed by atoms with Gasteiger partial charge in [0.2, 0.25) is 25.4 Å². The first-order chi connectivity index (χ1) is 17.7. The third kappa shape index (κ3) is 8.56. The first-order valence-corrected chi connectivity index (χ1v) is 14.8. The van der Waals surface area contributed by atoms with Gasteiger partial charge in [0.1, 0.15) is 30.1 Å². The van der Waals surface area contributed by atoms with E-state index in [4.69, 9.17) is 23.1 Å². The van der Waals surface area contributed by atoms with Crippen molar-refractivity contribution >= 4 is 19.5 Å². The number of hydrogen-bond acceptors (Lipinski definition) is 8. The summed E-state index contributed by atoms with van der Waals surface area (Å²) in [6, 6.07) is 14.4. The predicted octanol–water partition coefficient (Wildman–Crippen LogP) is 5.31. The van der Waals surface area contributed by atoms with E-state index in [1.165, 1.54) is 0 Å². The fraction of sp³-hybridized carbons (Fsp3) is 0.407. The molecule has 8 nitrogen and oxygen atoms in total. The maximum Gasteiger partial charge on any atom is 0.229 e. The fourth-order valence-corrected chi connectivity index (χ4v) is 5.15. The molecule has 0 aliphatic heterocycles. The number of ether oxygens (including phenoxy) is 3. The highest BCUT2D eigenvalue weighted by atomic mass is 28.2. The van der Waals surface area contributed by atoms with Crippen LogP contribution in [0.2, 0.25) is 13.1 Å². The van der Waals surface area contributed by atoms with Crippen LogP contribution < -0.4 is 14.2 Å². The van der Waals surface area contributed by atoms with Crippen molar-refractivity contribution in [2.24, 2.45) is 5.41 Å². The van der Waals surface area contributed by atoms with Crippen LogP contribution in [-0.4, -0.2) is 54.1 Å². The molecule has 4 radical (unpaired) electrons. The van der Waals surface area contributed by atoms with Crippen molar-refractivity contribution in [2.45, 2.75) is 59.3 Å². The second-order valence-corrected chi connectivity index (χ2v) is 10.5. The summed E-state index contributed by atoms with van der Waals surface area (Å²) < 4.78 is 28.9. The van der Waals surface area contributed by atoms with Crippen LogP contribution in [0.5, 0.6) is 23.1 Å². The van der Waals surface area contributed by atoms with Crippen LogP contribution in [0.1, 0.15) is 32.8 Å². The quantitative estimate of drug-likeness (QED) is 0.218. The van der Waals surface area contributed by atoms with Gasteiger partial charge < -0.3 is 28.2 Å². The lowest BCUT2D eigenvalue weighted by atomic mass is 9.86. The third-order valence-corrected chi connectivity index (χ3v) is 6.46. The van der Waals surface area contributed by atoms with Crippen molar-refractivity contribution in [1.82, 2.24) is 9.97 Å². The molecule has 1 heterocycles. The van der Waals surface area contributed by atoms with Crippen LogP contribution in [0, 0.1) is 5.41 Å². The van der Waals surface area contributed by atoms with Gasteiger partial charge in [-0.1, -0.05) is 26.0 Å². The molecule has 3 rings (SSSR count). The number of methoxy groups -OCH3 is 1. The topological polar surface area (TPSA) is 92.2 Å². The first-order valence-electron chi connectivity index (χ1n) is 12.0. The first kappa shape index (κ1) is 28.6. The fourth-order valence-electron chi connectivity index (χ4n) is 3.89. The Hall–Kier alpha value is -2.93. The molecule has 0 saturated carbocycles. The highest BCUT2D eigenvalue weighted by Gasteiger charge is 2.33.